The number of aliphatic hydroxyl groups excluding tert-OH is 1. The third-order valence-electron chi connectivity index (χ3n) is 1.83. The minimum atomic E-state index is -0.484. The Balaban J connectivity index is 2.46. The highest BCUT2D eigenvalue weighted by Gasteiger charge is 2.02. The van der Waals surface area contributed by atoms with Crippen molar-refractivity contribution in [3.05, 3.63) is 42.0 Å². The van der Waals surface area contributed by atoms with Gasteiger partial charge in [-0.3, -0.25) is 14.9 Å². The van der Waals surface area contributed by atoms with Crippen LogP contribution in [0.5, 0.6) is 0 Å². The number of rotatable bonds is 4. The van der Waals surface area contributed by atoms with Crippen LogP contribution < -0.4 is 5.32 Å². The number of carbonyl (C=O) groups is 2. The van der Waals surface area contributed by atoms with Crippen LogP contribution in [0.2, 0.25) is 0 Å². The zero-order chi connectivity index (χ0) is 11.8. The van der Waals surface area contributed by atoms with Gasteiger partial charge in [0, 0.05) is 6.08 Å². The molecule has 4 nitrogen and oxygen atoms in total. The molecule has 1 aromatic carbocycles. The lowest BCUT2D eigenvalue weighted by Gasteiger charge is -1.97. The van der Waals surface area contributed by atoms with Gasteiger partial charge in [-0.1, -0.05) is 30.3 Å². The van der Waals surface area contributed by atoms with E-state index in [9.17, 15) is 9.59 Å². The first-order valence-electron chi connectivity index (χ1n) is 4.90. The number of carbonyl (C=O) groups excluding carboxylic acids is 2. The van der Waals surface area contributed by atoms with Crippen LogP contribution in [0.1, 0.15) is 12.0 Å². The number of hydrogen-bond acceptors (Lipinski definition) is 3. The van der Waals surface area contributed by atoms with Crippen molar-refractivity contribution in [2.45, 2.75) is 6.42 Å². The van der Waals surface area contributed by atoms with Crippen LogP contribution in [0.3, 0.4) is 0 Å². The van der Waals surface area contributed by atoms with Gasteiger partial charge in [0.1, 0.15) is 0 Å². The van der Waals surface area contributed by atoms with Crippen LogP contribution in [0.25, 0.3) is 6.08 Å². The van der Waals surface area contributed by atoms with Gasteiger partial charge in [-0.15, -0.1) is 0 Å². The zero-order valence-corrected chi connectivity index (χ0v) is 8.72. The third-order valence-corrected chi connectivity index (χ3v) is 1.83. The van der Waals surface area contributed by atoms with E-state index >= 15 is 0 Å². The summed E-state index contributed by atoms with van der Waals surface area (Å²) in [5.74, 6) is -0.965. The fourth-order valence-corrected chi connectivity index (χ4v) is 1.08. The molecule has 0 heterocycles. The molecule has 0 aliphatic rings. The van der Waals surface area contributed by atoms with E-state index in [1.54, 1.807) is 6.08 Å². The van der Waals surface area contributed by atoms with Gasteiger partial charge in [0.2, 0.25) is 5.91 Å². The van der Waals surface area contributed by atoms with Crippen molar-refractivity contribution in [1.29, 1.82) is 0 Å². The Morgan fingerprint density at radius 2 is 1.94 bits per heavy atom. The average Bonchev–Trinajstić information content (AvgIpc) is 2.28. The summed E-state index contributed by atoms with van der Waals surface area (Å²) in [5, 5.41) is 10.6. The second-order valence-electron chi connectivity index (χ2n) is 3.13. The molecular formula is C12H13NO3. The molecule has 1 aromatic rings. The molecule has 16 heavy (non-hydrogen) atoms. The molecule has 1 rings (SSSR count). The van der Waals surface area contributed by atoms with E-state index in [4.69, 9.17) is 5.11 Å². The Labute approximate surface area is 93.6 Å². The van der Waals surface area contributed by atoms with Gasteiger partial charge in [-0.05, 0) is 11.6 Å². The molecule has 0 atom stereocenters. The number of aliphatic hydroxyl groups is 1. The predicted molar refractivity (Wildman–Crippen MR) is 60.3 cm³/mol. The van der Waals surface area contributed by atoms with E-state index in [1.165, 1.54) is 6.08 Å². The van der Waals surface area contributed by atoms with Crippen LogP contribution in [0, 0.1) is 0 Å². The number of nitrogens with one attached hydrogen (secondary N) is 1. The summed E-state index contributed by atoms with van der Waals surface area (Å²) in [4.78, 5) is 22.1. The lowest BCUT2D eigenvalue weighted by atomic mass is 10.2. The van der Waals surface area contributed by atoms with Crippen molar-refractivity contribution in [1.82, 2.24) is 5.32 Å². The van der Waals surface area contributed by atoms with E-state index in [1.807, 2.05) is 30.3 Å². The summed E-state index contributed by atoms with van der Waals surface area (Å²) < 4.78 is 0. The summed E-state index contributed by atoms with van der Waals surface area (Å²) >= 11 is 0. The Hall–Kier alpha value is -1.94. The van der Waals surface area contributed by atoms with E-state index in [0.717, 1.165) is 5.56 Å². The first-order valence-corrected chi connectivity index (χ1v) is 4.90. The molecule has 0 saturated heterocycles. The Kier molecular flexibility index (Phi) is 4.95. The van der Waals surface area contributed by atoms with Gasteiger partial charge in [-0.25, -0.2) is 0 Å². The van der Waals surface area contributed by atoms with Crippen molar-refractivity contribution in [2.24, 2.45) is 0 Å². The summed E-state index contributed by atoms with van der Waals surface area (Å²) in [6.45, 7) is -0.262. The van der Waals surface area contributed by atoms with Gasteiger partial charge < -0.3 is 5.11 Å². The molecule has 0 radical (unpaired) electrons. The smallest absolute Gasteiger partial charge is 0.250 e. The molecule has 4 heteroatoms. The second kappa shape index (κ2) is 6.53. The first kappa shape index (κ1) is 12.1. The highest BCUT2D eigenvalue weighted by Crippen LogP contribution is 2.00. The fourth-order valence-electron chi connectivity index (χ4n) is 1.08. The van der Waals surface area contributed by atoms with Crippen LogP contribution >= 0.6 is 0 Å². The molecule has 0 spiro atoms. The monoisotopic (exact) mass is 219 g/mol. The number of hydrogen-bond donors (Lipinski definition) is 2. The summed E-state index contributed by atoms with van der Waals surface area (Å²) in [5.41, 5.74) is 0.882. The van der Waals surface area contributed by atoms with Crippen LogP contribution in [-0.2, 0) is 9.59 Å². The number of benzene rings is 1. The first-order chi connectivity index (χ1) is 7.72. The standard InChI is InChI=1S/C12H13NO3/c14-9-8-12(16)13-11(15)7-6-10-4-2-1-3-5-10/h1-7,14H,8-9H2,(H,13,15,16). The highest BCUT2D eigenvalue weighted by molar-refractivity contribution is 6.02. The summed E-state index contributed by atoms with van der Waals surface area (Å²) in [6, 6.07) is 9.28. The third kappa shape index (κ3) is 4.52. The molecule has 0 bridgehead atoms. The maximum atomic E-state index is 11.2. The van der Waals surface area contributed by atoms with Gasteiger partial charge >= 0.3 is 0 Å². The molecule has 0 fully saturated rings. The molecule has 0 aliphatic heterocycles. The van der Waals surface area contributed by atoms with Crippen LogP contribution in [-0.4, -0.2) is 23.5 Å². The molecule has 0 unspecified atom stereocenters. The van der Waals surface area contributed by atoms with E-state index < -0.39 is 11.8 Å². The summed E-state index contributed by atoms with van der Waals surface area (Å²) in [7, 11) is 0. The predicted octanol–water partition coefficient (Wildman–Crippen LogP) is 0.725. The van der Waals surface area contributed by atoms with Gasteiger partial charge in [0.15, 0.2) is 0 Å². The Morgan fingerprint density at radius 3 is 2.56 bits per heavy atom. The van der Waals surface area contributed by atoms with Crippen molar-refractivity contribution in [2.75, 3.05) is 6.61 Å². The lowest BCUT2D eigenvalue weighted by Crippen LogP contribution is -2.29. The van der Waals surface area contributed by atoms with Crippen molar-refractivity contribution < 1.29 is 14.7 Å². The number of imide groups is 1. The van der Waals surface area contributed by atoms with Gasteiger partial charge in [-0.2, -0.15) is 0 Å². The highest BCUT2D eigenvalue weighted by atomic mass is 16.3. The molecule has 0 aromatic heterocycles. The molecular weight excluding hydrogens is 206 g/mol. The number of amides is 2. The Morgan fingerprint density at radius 1 is 1.25 bits per heavy atom. The normalized spacial score (nSPS) is 10.3. The van der Waals surface area contributed by atoms with E-state index in [2.05, 4.69) is 5.32 Å². The topological polar surface area (TPSA) is 66.4 Å². The quantitative estimate of drug-likeness (QED) is 0.733. The minimum absolute atomic E-state index is 0.0646. The molecule has 84 valence electrons. The lowest BCUT2D eigenvalue weighted by molar-refractivity contribution is -0.128. The fraction of sp³-hybridized carbons (Fsp3) is 0.167. The maximum absolute atomic E-state index is 11.2. The second-order valence-corrected chi connectivity index (χ2v) is 3.13. The van der Waals surface area contributed by atoms with Crippen molar-refractivity contribution >= 4 is 17.9 Å². The van der Waals surface area contributed by atoms with Crippen molar-refractivity contribution in [3.63, 3.8) is 0 Å². The van der Waals surface area contributed by atoms with Gasteiger partial charge in [0.05, 0.1) is 13.0 Å². The minimum Gasteiger partial charge on any atom is -0.396 e. The molecule has 0 saturated carbocycles. The van der Waals surface area contributed by atoms with Crippen LogP contribution in [0.4, 0.5) is 0 Å². The van der Waals surface area contributed by atoms with Crippen molar-refractivity contribution in [3.8, 4) is 0 Å². The van der Waals surface area contributed by atoms with E-state index in [0.29, 0.717) is 0 Å². The summed E-state index contributed by atoms with van der Waals surface area (Å²) in [6.07, 6.45) is 2.83. The molecule has 2 amide bonds. The SMILES string of the molecule is O=C(C=Cc1ccccc1)NC(=O)CCO. The van der Waals surface area contributed by atoms with Gasteiger partial charge in [0.25, 0.3) is 5.91 Å². The Bertz CT molecular complexity index is 385. The van der Waals surface area contributed by atoms with E-state index in [-0.39, 0.29) is 13.0 Å². The molecule has 2 N–H and O–H groups in total. The molecule has 0 aliphatic carbocycles. The largest absolute Gasteiger partial charge is 0.396 e. The average molecular weight is 219 g/mol. The zero-order valence-electron chi connectivity index (χ0n) is 8.72. The van der Waals surface area contributed by atoms with Crippen LogP contribution in [0.15, 0.2) is 36.4 Å². The maximum Gasteiger partial charge on any atom is 0.250 e.